The minimum atomic E-state index is -0.382. The number of para-hydroxylation sites is 1. The van der Waals surface area contributed by atoms with E-state index in [0.29, 0.717) is 22.7 Å². The average Bonchev–Trinajstić information content (AvgIpc) is 2.90. The highest BCUT2D eigenvalue weighted by molar-refractivity contribution is 5.86. The standard InChI is InChI=1S/C15H9FN4O/c16-10-5-7-13-18-19-15(20(13)8-10)11-6-4-9-2-1-3-12(21)14(9)17-11/h1-8,21H. The summed E-state index contributed by atoms with van der Waals surface area (Å²) in [5.41, 5.74) is 1.52. The van der Waals surface area contributed by atoms with Gasteiger partial charge in [-0.05, 0) is 24.3 Å². The molecule has 0 aliphatic heterocycles. The monoisotopic (exact) mass is 280 g/mol. The summed E-state index contributed by atoms with van der Waals surface area (Å²) in [5, 5.41) is 18.7. The summed E-state index contributed by atoms with van der Waals surface area (Å²) in [5.74, 6) is 0.135. The summed E-state index contributed by atoms with van der Waals surface area (Å²) in [7, 11) is 0. The van der Waals surface area contributed by atoms with Gasteiger partial charge in [-0.1, -0.05) is 18.2 Å². The second-order valence-corrected chi connectivity index (χ2v) is 4.64. The van der Waals surface area contributed by atoms with Crippen molar-refractivity contribution in [1.82, 2.24) is 19.6 Å². The molecule has 4 rings (SSSR count). The van der Waals surface area contributed by atoms with Crippen molar-refractivity contribution < 1.29 is 9.50 Å². The third kappa shape index (κ3) is 1.80. The maximum absolute atomic E-state index is 13.4. The summed E-state index contributed by atoms with van der Waals surface area (Å²) in [6.45, 7) is 0. The van der Waals surface area contributed by atoms with Crippen molar-refractivity contribution in [2.45, 2.75) is 0 Å². The van der Waals surface area contributed by atoms with Crippen molar-refractivity contribution in [1.29, 1.82) is 0 Å². The zero-order valence-corrected chi connectivity index (χ0v) is 10.7. The van der Waals surface area contributed by atoms with E-state index in [1.54, 1.807) is 24.3 Å². The van der Waals surface area contributed by atoms with E-state index in [4.69, 9.17) is 0 Å². The van der Waals surface area contributed by atoms with Gasteiger partial charge in [-0.15, -0.1) is 10.2 Å². The van der Waals surface area contributed by atoms with Crippen molar-refractivity contribution in [2.75, 3.05) is 0 Å². The topological polar surface area (TPSA) is 63.3 Å². The molecule has 6 heteroatoms. The molecule has 0 atom stereocenters. The van der Waals surface area contributed by atoms with Crippen LogP contribution < -0.4 is 0 Å². The van der Waals surface area contributed by atoms with Gasteiger partial charge in [-0.2, -0.15) is 0 Å². The Morgan fingerprint density at radius 1 is 1.00 bits per heavy atom. The molecule has 0 radical (unpaired) electrons. The number of rotatable bonds is 1. The van der Waals surface area contributed by atoms with Crippen LogP contribution in [0, 0.1) is 5.82 Å². The summed E-state index contributed by atoms with van der Waals surface area (Å²) in [6.07, 6.45) is 1.31. The number of aromatic hydroxyl groups is 1. The number of halogens is 1. The maximum Gasteiger partial charge on any atom is 0.187 e. The lowest BCUT2D eigenvalue weighted by molar-refractivity contribution is 0.480. The van der Waals surface area contributed by atoms with E-state index in [-0.39, 0.29) is 11.6 Å². The third-order valence-electron chi connectivity index (χ3n) is 3.29. The third-order valence-corrected chi connectivity index (χ3v) is 3.29. The van der Waals surface area contributed by atoms with Gasteiger partial charge in [0, 0.05) is 11.6 Å². The van der Waals surface area contributed by atoms with Gasteiger partial charge in [0.2, 0.25) is 0 Å². The molecule has 4 aromatic rings. The van der Waals surface area contributed by atoms with E-state index in [1.165, 1.54) is 16.7 Å². The van der Waals surface area contributed by atoms with E-state index in [0.717, 1.165) is 5.39 Å². The Morgan fingerprint density at radius 3 is 2.81 bits per heavy atom. The minimum absolute atomic E-state index is 0.0920. The SMILES string of the molecule is Oc1cccc2ccc(-c3nnc4ccc(F)cn34)nc12. The molecule has 0 unspecified atom stereocenters. The Balaban J connectivity index is 2.00. The Hall–Kier alpha value is -3.02. The fourth-order valence-corrected chi connectivity index (χ4v) is 2.30. The van der Waals surface area contributed by atoms with Gasteiger partial charge in [-0.3, -0.25) is 4.40 Å². The number of hydrogen-bond acceptors (Lipinski definition) is 4. The second kappa shape index (κ2) is 4.24. The molecular formula is C15H9FN4O. The quantitative estimate of drug-likeness (QED) is 0.582. The Labute approximate surface area is 118 Å². The number of benzene rings is 1. The van der Waals surface area contributed by atoms with Crippen LogP contribution in [-0.4, -0.2) is 24.7 Å². The summed E-state index contributed by atoms with van der Waals surface area (Å²) < 4.78 is 14.9. The van der Waals surface area contributed by atoms with E-state index in [9.17, 15) is 9.50 Å². The molecule has 102 valence electrons. The molecule has 0 amide bonds. The first kappa shape index (κ1) is 11.8. The fraction of sp³-hybridized carbons (Fsp3) is 0. The van der Waals surface area contributed by atoms with Crippen LogP contribution in [0.1, 0.15) is 0 Å². The molecular weight excluding hydrogens is 271 g/mol. The van der Waals surface area contributed by atoms with Gasteiger partial charge in [0.15, 0.2) is 11.5 Å². The minimum Gasteiger partial charge on any atom is -0.506 e. The first-order valence-electron chi connectivity index (χ1n) is 6.32. The number of hydrogen-bond donors (Lipinski definition) is 1. The molecule has 0 saturated carbocycles. The molecule has 1 aromatic carbocycles. The van der Waals surface area contributed by atoms with Crippen LogP contribution in [0.4, 0.5) is 4.39 Å². The Bertz CT molecular complexity index is 980. The van der Waals surface area contributed by atoms with Crippen molar-refractivity contribution in [3.8, 4) is 17.3 Å². The number of pyridine rings is 2. The van der Waals surface area contributed by atoms with E-state index in [2.05, 4.69) is 15.2 Å². The summed E-state index contributed by atoms with van der Waals surface area (Å²) >= 11 is 0. The van der Waals surface area contributed by atoms with Crippen molar-refractivity contribution >= 4 is 16.6 Å². The zero-order chi connectivity index (χ0) is 14.4. The lowest BCUT2D eigenvalue weighted by Crippen LogP contribution is -1.93. The molecule has 0 aliphatic carbocycles. The highest BCUT2D eigenvalue weighted by Crippen LogP contribution is 2.25. The largest absolute Gasteiger partial charge is 0.506 e. The summed E-state index contributed by atoms with van der Waals surface area (Å²) in [4.78, 5) is 4.40. The molecule has 0 bridgehead atoms. The van der Waals surface area contributed by atoms with Crippen molar-refractivity contribution in [3.05, 3.63) is 54.5 Å². The van der Waals surface area contributed by atoms with Crippen molar-refractivity contribution in [2.24, 2.45) is 0 Å². The highest BCUT2D eigenvalue weighted by Gasteiger charge is 2.11. The molecule has 1 N–H and O–H groups in total. The van der Waals surface area contributed by atoms with Crippen LogP contribution in [0.25, 0.3) is 28.1 Å². The molecule has 0 spiro atoms. The molecule has 21 heavy (non-hydrogen) atoms. The highest BCUT2D eigenvalue weighted by atomic mass is 19.1. The van der Waals surface area contributed by atoms with Gasteiger partial charge in [0.05, 0.1) is 0 Å². The lowest BCUT2D eigenvalue weighted by atomic mass is 10.2. The smallest absolute Gasteiger partial charge is 0.187 e. The molecule has 3 aromatic heterocycles. The first-order valence-corrected chi connectivity index (χ1v) is 6.32. The van der Waals surface area contributed by atoms with E-state index >= 15 is 0 Å². The van der Waals surface area contributed by atoms with Gasteiger partial charge in [0.25, 0.3) is 0 Å². The predicted molar refractivity (Wildman–Crippen MR) is 75.3 cm³/mol. The van der Waals surface area contributed by atoms with Crippen LogP contribution in [0.5, 0.6) is 5.75 Å². The first-order chi connectivity index (χ1) is 10.2. The van der Waals surface area contributed by atoms with Crippen LogP contribution in [0.2, 0.25) is 0 Å². The fourth-order valence-electron chi connectivity index (χ4n) is 2.30. The molecule has 0 saturated heterocycles. The number of phenols is 1. The molecule has 3 heterocycles. The number of phenolic OH excluding ortho intramolecular Hbond substituents is 1. The predicted octanol–water partition coefficient (Wildman–Crippen LogP) is 2.79. The second-order valence-electron chi connectivity index (χ2n) is 4.64. The van der Waals surface area contributed by atoms with Gasteiger partial charge in [-0.25, -0.2) is 9.37 Å². The van der Waals surface area contributed by atoms with Gasteiger partial charge in [0.1, 0.15) is 22.8 Å². The van der Waals surface area contributed by atoms with Crippen LogP contribution >= 0.6 is 0 Å². The van der Waals surface area contributed by atoms with Gasteiger partial charge >= 0.3 is 0 Å². The maximum atomic E-state index is 13.4. The zero-order valence-electron chi connectivity index (χ0n) is 10.7. The molecule has 0 fully saturated rings. The van der Waals surface area contributed by atoms with Gasteiger partial charge < -0.3 is 5.11 Å². The molecule has 5 nitrogen and oxygen atoms in total. The van der Waals surface area contributed by atoms with Crippen molar-refractivity contribution in [3.63, 3.8) is 0 Å². The van der Waals surface area contributed by atoms with Crippen LogP contribution in [0.15, 0.2) is 48.7 Å². The Kier molecular flexibility index (Phi) is 2.38. The van der Waals surface area contributed by atoms with Crippen LogP contribution in [-0.2, 0) is 0 Å². The van der Waals surface area contributed by atoms with Crippen LogP contribution in [0.3, 0.4) is 0 Å². The number of fused-ring (bicyclic) bond motifs is 2. The number of nitrogens with zero attached hydrogens (tertiary/aromatic N) is 4. The average molecular weight is 280 g/mol. The summed E-state index contributed by atoms with van der Waals surface area (Å²) in [6, 6.07) is 11.6. The lowest BCUT2D eigenvalue weighted by Gasteiger charge is -2.03. The number of aromatic nitrogens is 4. The van der Waals surface area contributed by atoms with E-state index < -0.39 is 0 Å². The molecule has 0 aliphatic rings. The Morgan fingerprint density at radius 2 is 1.90 bits per heavy atom. The van der Waals surface area contributed by atoms with E-state index in [1.807, 2.05) is 12.1 Å². The normalized spacial score (nSPS) is 11.3.